The highest BCUT2D eigenvalue weighted by atomic mass is 16.5. The van der Waals surface area contributed by atoms with Gasteiger partial charge in [0.2, 0.25) is 0 Å². The summed E-state index contributed by atoms with van der Waals surface area (Å²) in [6.07, 6.45) is 1.55. The summed E-state index contributed by atoms with van der Waals surface area (Å²) >= 11 is 0. The number of carbonyl (C=O) groups excluding carboxylic acids is 1. The summed E-state index contributed by atoms with van der Waals surface area (Å²) in [5, 5.41) is 0. The number of aromatic nitrogens is 2. The number of hydrogen-bond acceptors (Lipinski definition) is 5. The molecule has 0 spiro atoms. The van der Waals surface area contributed by atoms with Crippen LogP contribution < -0.4 is 5.73 Å². The van der Waals surface area contributed by atoms with E-state index in [0.717, 1.165) is 12.2 Å². The van der Waals surface area contributed by atoms with Gasteiger partial charge >= 0.3 is 5.97 Å². The fraction of sp³-hybridized carbons (Fsp3) is 0.692. The summed E-state index contributed by atoms with van der Waals surface area (Å²) in [6.45, 7) is 6.62. The van der Waals surface area contributed by atoms with Gasteiger partial charge in [0.25, 0.3) is 0 Å². The molecule has 0 radical (unpaired) electrons. The van der Waals surface area contributed by atoms with Crippen LogP contribution in [0.5, 0.6) is 0 Å². The van der Waals surface area contributed by atoms with Crippen molar-refractivity contribution in [3.05, 3.63) is 11.5 Å². The van der Waals surface area contributed by atoms with E-state index in [-0.39, 0.29) is 11.7 Å². The lowest BCUT2D eigenvalue weighted by Gasteiger charge is -2.19. The Morgan fingerprint density at radius 2 is 2.11 bits per heavy atom. The van der Waals surface area contributed by atoms with Gasteiger partial charge in [-0.1, -0.05) is 13.8 Å². The van der Waals surface area contributed by atoms with Gasteiger partial charge in [0.05, 0.1) is 19.3 Å². The minimum atomic E-state index is -0.472. The van der Waals surface area contributed by atoms with E-state index in [0.29, 0.717) is 25.5 Å². The van der Waals surface area contributed by atoms with Crippen molar-refractivity contribution < 1.29 is 14.3 Å². The fourth-order valence-electron chi connectivity index (χ4n) is 2.07. The summed E-state index contributed by atoms with van der Waals surface area (Å²) in [6, 6.07) is 0.0793. The SMILES string of the molecule is CCOC(=O)c1nc(CC)n(C(CC)COC)c1N. The largest absolute Gasteiger partial charge is 0.461 e. The molecule has 0 saturated heterocycles. The quantitative estimate of drug-likeness (QED) is 0.763. The lowest BCUT2D eigenvalue weighted by atomic mass is 10.2. The standard InChI is InChI=1S/C13H23N3O3/c1-5-9(8-18-4)16-10(6-2)15-11(12(16)14)13(17)19-7-3/h9H,5-8,14H2,1-4H3. The number of anilines is 1. The molecule has 0 aliphatic rings. The minimum absolute atomic E-state index is 0.0793. The molecule has 0 amide bonds. The molecular weight excluding hydrogens is 246 g/mol. The van der Waals surface area contributed by atoms with Crippen LogP contribution in [0, 0.1) is 0 Å². The summed E-state index contributed by atoms with van der Waals surface area (Å²) in [5.41, 5.74) is 6.26. The van der Waals surface area contributed by atoms with Crippen molar-refractivity contribution in [1.82, 2.24) is 9.55 Å². The second kappa shape index (κ2) is 7.13. The predicted octanol–water partition coefficient (Wildman–Crippen LogP) is 1.80. The number of hydrogen-bond donors (Lipinski definition) is 1. The normalized spacial score (nSPS) is 12.4. The van der Waals surface area contributed by atoms with Crippen molar-refractivity contribution in [3.8, 4) is 0 Å². The lowest BCUT2D eigenvalue weighted by molar-refractivity contribution is 0.0521. The minimum Gasteiger partial charge on any atom is -0.461 e. The van der Waals surface area contributed by atoms with Gasteiger partial charge in [-0.3, -0.25) is 0 Å². The summed E-state index contributed by atoms with van der Waals surface area (Å²) < 4.78 is 12.1. The zero-order chi connectivity index (χ0) is 14.4. The Balaban J connectivity index is 3.19. The molecule has 0 aromatic carbocycles. The van der Waals surface area contributed by atoms with Gasteiger partial charge in [-0.15, -0.1) is 0 Å². The van der Waals surface area contributed by atoms with Crippen molar-refractivity contribution in [2.45, 2.75) is 39.7 Å². The Morgan fingerprint density at radius 1 is 1.42 bits per heavy atom. The van der Waals surface area contributed by atoms with Crippen LogP contribution in [-0.2, 0) is 15.9 Å². The van der Waals surface area contributed by atoms with Gasteiger partial charge < -0.3 is 19.8 Å². The van der Waals surface area contributed by atoms with Gasteiger partial charge in [0.15, 0.2) is 5.69 Å². The third-order valence-electron chi connectivity index (χ3n) is 3.00. The maximum Gasteiger partial charge on any atom is 0.360 e. The molecule has 2 N–H and O–H groups in total. The first-order valence-corrected chi connectivity index (χ1v) is 6.63. The van der Waals surface area contributed by atoms with Crippen LogP contribution in [0.25, 0.3) is 0 Å². The van der Waals surface area contributed by atoms with Crippen LogP contribution in [0.4, 0.5) is 5.82 Å². The number of nitrogens with zero attached hydrogens (tertiary/aromatic N) is 2. The van der Waals surface area contributed by atoms with Crippen molar-refractivity contribution in [2.24, 2.45) is 0 Å². The average molecular weight is 269 g/mol. The summed E-state index contributed by atoms with van der Waals surface area (Å²) in [5.74, 6) is 0.671. The van der Waals surface area contributed by atoms with Crippen molar-refractivity contribution in [1.29, 1.82) is 0 Å². The van der Waals surface area contributed by atoms with Crippen LogP contribution in [0.1, 0.15) is 49.5 Å². The van der Waals surface area contributed by atoms with E-state index < -0.39 is 5.97 Å². The van der Waals surface area contributed by atoms with E-state index in [1.165, 1.54) is 0 Å². The Bertz CT molecular complexity index is 429. The third-order valence-corrected chi connectivity index (χ3v) is 3.00. The number of ether oxygens (including phenoxy) is 2. The molecule has 1 aromatic rings. The summed E-state index contributed by atoms with van der Waals surface area (Å²) in [7, 11) is 1.65. The van der Waals surface area contributed by atoms with Crippen LogP contribution in [0.15, 0.2) is 0 Å². The average Bonchev–Trinajstić information content (AvgIpc) is 2.73. The molecule has 0 fully saturated rings. The zero-order valence-corrected chi connectivity index (χ0v) is 12.1. The molecule has 0 aliphatic heterocycles. The van der Waals surface area contributed by atoms with Gasteiger partial charge in [-0.05, 0) is 13.3 Å². The molecular formula is C13H23N3O3. The van der Waals surface area contributed by atoms with E-state index in [1.807, 2.05) is 18.4 Å². The molecule has 6 heteroatoms. The number of rotatable bonds is 7. The fourth-order valence-corrected chi connectivity index (χ4v) is 2.07. The van der Waals surface area contributed by atoms with Gasteiger partial charge in [-0.25, -0.2) is 9.78 Å². The number of imidazole rings is 1. The number of carbonyl (C=O) groups is 1. The topological polar surface area (TPSA) is 79.4 Å². The predicted molar refractivity (Wildman–Crippen MR) is 73.2 cm³/mol. The molecule has 1 atom stereocenters. The van der Waals surface area contributed by atoms with E-state index in [4.69, 9.17) is 15.2 Å². The second-order valence-corrected chi connectivity index (χ2v) is 4.22. The van der Waals surface area contributed by atoms with Gasteiger partial charge in [-0.2, -0.15) is 0 Å². The van der Waals surface area contributed by atoms with Crippen molar-refractivity contribution >= 4 is 11.8 Å². The number of nitrogens with two attached hydrogens (primary N) is 1. The highest BCUT2D eigenvalue weighted by molar-refractivity contribution is 5.92. The van der Waals surface area contributed by atoms with Crippen molar-refractivity contribution in [2.75, 3.05) is 26.1 Å². The van der Waals surface area contributed by atoms with E-state index >= 15 is 0 Å². The first-order chi connectivity index (χ1) is 9.10. The molecule has 19 heavy (non-hydrogen) atoms. The first-order valence-electron chi connectivity index (χ1n) is 6.63. The smallest absolute Gasteiger partial charge is 0.360 e. The summed E-state index contributed by atoms with van der Waals surface area (Å²) in [4.78, 5) is 16.1. The molecule has 6 nitrogen and oxygen atoms in total. The van der Waals surface area contributed by atoms with Crippen LogP contribution in [0.3, 0.4) is 0 Å². The first kappa shape index (κ1) is 15.5. The second-order valence-electron chi connectivity index (χ2n) is 4.22. The van der Waals surface area contributed by atoms with E-state index in [9.17, 15) is 4.79 Å². The lowest BCUT2D eigenvalue weighted by Crippen LogP contribution is -2.19. The molecule has 1 aromatic heterocycles. The Kier molecular flexibility index (Phi) is 5.82. The number of methoxy groups -OCH3 is 1. The molecule has 0 aliphatic carbocycles. The van der Waals surface area contributed by atoms with Crippen LogP contribution in [-0.4, -0.2) is 35.8 Å². The molecule has 0 saturated carbocycles. The maximum atomic E-state index is 11.8. The molecule has 1 unspecified atom stereocenters. The highest BCUT2D eigenvalue weighted by Gasteiger charge is 2.24. The monoisotopic (exact) mass is 269 g/mol. The Hall–Kier alpha value is -1.56. The Labute approximate surface area is 113 Å². The highest BCUT2D eigenvalue weighted by Crippen LogP contribution is 2.24. The van der Waals surface area contributed by atoms with Crippen LogP contribution >= 0.6 is 0 Å². The maximum absolute atomic E-state index is 11.8. The molecule has 1 rings (SSSR count). The van der Waals surface area contributed by atoms with Gasteiger partial charge in [0.1, 0.15) is 11.6 Å². The van der Waals surface area contributed by atoms with Crippen LogP contribution in [0.2, 0.25) is 0 Å². The molecule has 0 bridgehead atoms. The number of aryl methyl sites for hydroxylation is 1. The molecule has 1 heterocycles. The zero-order valence-electron chi connectivity index (χ0n) is 12.1. The Morgan fingerprint density at radius 3 is 2.58 bits per heavy atom. The molecule has 108 valence electrons. The number of esters is 1. The van der Waals surface area contributed by atoms with E-state index in [1.54, 1.807) is 14.0 Å². The number of nitrogen functional groups attached to an aromatic ring is 1. The van der Waals surface area contributed by atoms with Gasteiger partial charge in [0, 0.05) is 13.5 Å². The van der Waals surface area contributed by atoms with E-state index in [2.05, 4.69) is 4.98 Å². The van der Waals surface area contributed by atoms with Crippen molar-refractivity contribution in [3.63, 3.8) is 0 Å². The third kappa shape index (κ3) is 3.26.